The number of fused-ring (bicyclic) bond motifs is 1. The van der Waals surface area contributed by atoms with Crippen molar-refractivity contribution in [1.29, 1.82) is 0 Å². The first-order chi connectivity index (χ1) is 16.1. The number of hydrogen-bond donors (Lipinski definition) is 2. The molecule has 0 unspecified atom stereocenters. The summed E-state index contributed by atoms with van der Waals surface area (Å²) < 4.78 is 53.8. The van der Waals surface area contributed by atoms with Gasteiger partial charge >= 0.3 is 6.18 Å². The predicted molar refractivity (Wildman–Crippen MR) is 125 cm³/mol. The van der Waals surface area contributed by atoms with Crippen molar-refractivity contribution in [3.05, 3.63) is 63.2 Å². The van der Waals surface area contributed by atoms with E-state index < -0.39 is 24.2 Å². The molecule has 180 valence electrons. The molecule has 0 bridgehead atoms. The van der Waals surface area contributed by atoms with Crippen molar-refractivity contribution < 1.29 is 27.4 Å². The lowest BCUT2D eigenvalue weighted by atomic mass is 9.97. The number of methoxy groups -OCH3 is 2. The topological polar surface area (TPSA) is 77.4 Å². The van der Waals surface area contributed by atoms with Gasteiger partial charge in [0.05, 0.1) is 20.3 Å². The SMILES string of the molecule is COc1ccc(NC(=O)c2nn3c(c2Cl)N[C@@H](c2ccc(Br)cc2)C[C@H]3C(F)(F)F)cc1OC. The molecule has 1 amide bonds. The number of nitrogens with one attached hydrogen (secondary N) is 2. The molecule has 1 aliphatic rings. The van der Waals surface area contributed by atoms with Crippen LogP contribution < -0.4 is 20.1 Å². The van der Waals surface area contributed by atoms with Crippen molar-refractivity contribution in [2.45, 2.75) is 24.7 Å². The molecule has 2 atom stereocenters. The number of anilines is 2. The molecule has 2 N–H and O–H groups in total. The number of hydrogen-bond acceptors (Lipinski definition) is 5. The maximum absolute atomic E-state index is 14.0. The molecule has 0 aliphatic carbocycles. The van der Waals surface area contributed by atoms with Gasteiger partial charge in [-0.1, -0.05) is 39.7 Å². The van der Waals surface area contributed by atoms with E-state index in [0.29, 0.717) is 22.7 Å². The Balaban J connectivity index is 1.67. The minimum absolute atomic E-state index is 0.0689. The van der Waals surface area contributed by atoms with E-state index in [1.807, 2.05) is 0 Å². The number of ether oxygens (including phenoxy) is 2. The standard InChI is InChI=1S/C22H19BrClF3N4O3/c1-33-15-8-7-13(9-16(15)34-2)28-21(32)19-18(24)20-29-14(11-3-5-12(23)6-4-11)10-17(22(25,26)27)31(20)30-19/h3-9,14,17,29H,10H2,1-2H3,(H,28,32)/t14-,17+/m1/s1. The highest BCUT2D eigenvalue weighted by Crippen LogP contribution is 2.46. The van der Waals surface area contributed by atoms with Gasteiger partial charge in [-0.3, -0.25) is 4.79 Å². The molecule has 0 saturated carbocycles. The average molecular weight is 560 g/mol. The Hall–Kier alpha value is -2.92. The highest BCUT2D eigenvalue weighted by Gasteiger charge is 2.47. The molecule has 2 heterocycles. The fourth-order valence-electron chi connectivity index (χ4n) is 3.75. The van der Waals surface area contributed by atoms with Gasteiger partial charge < -0.3 is 20.1 Å². The first-order valence-electron chi connectivity index (χ1n) is 10.0. The highest BCUT2D eigenvalue weighted by molar-refractivity contribution is 9.10. The second kappa shape index (κ2) is 9.38. The maximum atomic E-state index is 14.0. The van der Waals surface area contributed by atoms with Crippen LogP contribution >= 0.6 is 27.5 Å². The smallest absolute Gasteiger partial charge is 0.410 e. The molecular weight excluding hydrogens is 541 g/mol. The molecule has 1 aliphatic heterocycles. The van der Waals surface area contributed by atoms with Gasteiger partial charge in [0.2, 0.25) is 0 Å². The minimum atomic E-state index is -4.60. The zero-order valence-corrected chi connectivity index (χ0v) is 20.3. The lowest BCUT2D eigenvalue weighted by molar-refractivity contribution is -0.173. The van der Waals surface area contributed by atoms with E-state index >= 15 is 0 Å². The summed E-state index contributed by atoms with van der Waals surface area (Å²) in [7, 11) is 2.91. The number of halogens is 5. The van der Waals surface area contributed by atoms with Gasteiger partial charge in [-0.15, -0.1) is 0 Å². The Morgan fingerprint density at radius 2 is 1.85 bits per heavy atom. The Bertz CT molecular complexity index is 1220. The molecule has 34 heavy (non-hydrogen) atoms. The lowest BCUT2D eigenvalue weighted by Crippen LogP contribution is -2.35. The van der Waals surface area contributed by atoms with Crippen LogP contribution in [0.25, 0.3) is 0 Å². The number of alkyl halides is 3. The molecule has 12 heteroatoms. The van der Waals surface area contributed by atoms with Crippen molar-refractivity contribution in [3.63, 3.8) is 0 Å². The minimum Gasteiger partial charge on any atom is -0.493 e. The number of carbonyl (C=O) groups is 1. The summed E-state index contributed by atoms with van der Waals surface area (Å²) in [4.78, 5) is 12.9. The van der Waals surface area contributed by atoms with E-state index in [-0.39, 0.29) is 23.0 Å². The van der Waals surface area contributed by atoms with Gasteiger partial charge in [0, 0.05) is 22.6 Å². The van der Waals surface area contributed by atoms with Crippen molar-refractivity contribution in [2.24, 2.45) is 0 Å². The van der Waals surface area contributed by atoms with Crippen LogP contribution in [-0.2, 0) is 0 Å². The van der Waals surface area contributed by atoms with Crippen LogP contribution in [0.3, 0.4) is 0 Å². The largest absolute Gasteiger partial charge is 0.493 e. The zero-order valence-electron chi connectivity index (χ0n) is 17.9. The molecule has 3 aromatic rings. The molecule has 7 nitrogen and oxygen atoms in total. The lowest BCUT2D eigenvalue weighted by Gasteiger charge is -2.33. The Morgan fingerprint density at radius 1 is 1.18 bits per heavy atom. The number of amides is 1. The van der Waals surface area contributed by atoms with Crippen LogP contribution in [0.2, 0.25) is 5.02 Å². The highest BCUT2D eigenvalue weighted by atomic mass is 79.9. The van der Waals surface area contributed by atoms with E-state index in [0.717, 1.165) is 9.15 Å². The third kappa shape index (κ3) is 4.67. The van der Waals surface area contributed by atoms with Gasteiger partial charge in [-0.25, -0.2) is 4.68 Å². The number of nitrogens with zero attached hydrogens (tertiary/aromatic N) is 2. The monoisotopic (exact) mass is 558 g/mol. The fourth-order valence-corrected chi connectivity index (χ4v) is 4.28. The van der Waals surface area contributed by atoms with E-state index in [1.165, 1.54) is 20.3 Å². The van der Waals surface area contributed by atoms with E-state index in [9.17, 15) is 18.0 Å². The molecule has 0 spiro atoms. The summed E-state index contributed by atoms with van der Waals surface area (Å²) in [6.07, 6.45) is -4.91. The molecule has 0 radical (unpaired) electrons. The predicted octanol–water partition coefficient (Wildman–Crippen LogP) is 6.23. The summed E-state index contributed by atoms with van der Waals surface area (Å²) in [6.45, 7) is 0. The van der Waals surface area contributed by atoms with Crippen molar-refractivity contribution in [1.82, 2.24) is 9.78 Å². The van der Waals surface area contributed by atoms with Crippen molar-refractivity contribution >= 4 is 44.9 Å². The Kier molecular flexibility index (Phi) is 6.68. The Labute approximate surface area is 206 Å². The van der Waals surface area contributed by atoms with E-state index in [2.05, 4.69) is 31.7 Å². The van der Waals surface area contributed by atoms with Crippen LogP contribution in [0.15, 0.2) is 46.9 Å². The van der Waals surface area contributed by atoms with Crippen molar-refractivity contribution in [2.75, 3.05) is 24.9 Å². The number of aromatic nitrogens is 2. The van der Waals surface area contributed by atoms with Crippen molar-refractivity contribution in [3.8, 4) is 11.5 Å². The molecule has 0 fully saturated rings. The summed E-state index contributed by atoms with van der Waals surface area (Å²) in [6, 6.07) is 8.95. The molecule has 0 saturated heterocycles. The number of carbonyl (C=O) groups excluding carboxylic acids is 1. The first-order valence-corrected chi connectivity index (χ1v) is 11.2. The van der Waals surface area contributed by atoms with Gasteiger partial charge in [-0.2, -0.15) is 18.3 Å². The normalized spacial score (nSPS) is 17.5. The summed E-state index contributed by atoms with van der Waals surface area (Å²) in [5, 5.41) is 9.34. The zero-order chi connectivity index (χ0) is 24.6. The first kappa shape index (κ1) is 24.2. The molecule has 1 aromatic heterocycles. The third-order valence-corrected chi connectivity index (χ3v) is 6.31. The summed E-state index contributed by atoms with van der Waals surface area (Å²) in [5.74, 6) is -0.0125. The van der Waals surface area contributed by atoms with Crippen LogP contribution in [0.5, 0.6) is 11.5 Å². The van der Waals surface area contributed by atoms with Gasteiger partial charge in [0.1, 0.15) is 10.8 Å². The van der Waals surface area contributed by atoms with Crippen LogP contribution in [-0.4, -0.2) is 36.1 Å². The van der Waals surface area contributed by atoms with E-state index in [1.54, 1.807) is 36.4 Å². The third-order valence-electron chi connectivity index (χ3n) is 5.42. The van der Waals surface area contributed by atoms with Gasteiger partial charge in [-0.05, 0) is 29.8 Å². The van der Waals surface area contributed by atoms with Crippen LogP contribution in [0, 0.1) is 0 Å². The molecular formula is C22H19BrClF3N4O3. The quantitative estimate of drug-likeness (QED) is 0.388. The van der Waals surface area contributed by atoms with Gasteiger partial charge in [0.15, 0.2) is 23.2 Å². The summed E-state index contributed by atoms with van der Waals surface area (Å²) >= 11 is 9.70. The second-order valence-electron chi connectivity index (χ2n) is 7.52. The summed E-state index contributed by atoms with van der Waals surface area (Å²) in [5.41, 5.74) is 0.653. The number of rotatable bonds is 5. The van der Waals surface area contributed by atoms with Gasteiger partial charge in [0.25, 0.3) is 5.91 Å². The molecule has 2 aromatic carbocycles. The maximum Gasteiger partial charge on any atom is 0.410 e. The van der Waals surface area contributed by atoms with Crippen LogP contribution in [0.1, 0.15) is 34.6 Å². The second-order valence-corrected chi connectivity index (χ2v) is 8.81. The Morgan fingerprint density at radius 3 is 2.47 bits per heavy atom. The fraction of sp³-hybridized carbons (Fsp3) is 0.273. The van der Waals surface area contributed by atoms with E-state index in [4.69, 9.17) is 21.1 Å². The number of benzene rings is 2. The average Bonchev–Trinajstić information content (AvgIpc) is 3.14. The van der Waals surface area contributed by atoms with Crippen LogP contribution in [0.4, 0.5) is 24.7 Å². The molecule has 4 rings (SSSR count).